The predicted octanol–water partition coefficient (Wildman–Crippen LogP) is 3.57. The molecule has 1 aliphatic rings. The third-order valence-electron chi connectivity index (χ3n) is 4.68. The fourth-order valence-corrected chi connectivity index (χ4v) is 3.35. The number of hydrogen-bond acceptors (Lipinski definition) is 4. The van der Waals surface area contributed by atoms with Crippen molar-refractivity contribution in [2.24, 2.45) is 0 Å². The molecule has 0 spiro atoms. The SMILES string of the molecule is CCc1ccc([C@H]2C[C@H](c3ccccc3)Nc3nc(N)nn32)cc1. The highest BCUT2D eigenvalue weighted by Gasteiger charge is 2.30. The molecule has 1 aliphatic heterocycles. The van der Waals surface area contributed by atoms with Crippen LogP contribution in [0.1, 0.15) is 42.1 Å². The van der Waals surface area contributed by atoms with Gasteiger partial charge in [-0.2, -0.15) is 4.98 Å². The standard InChI is InChI=1S/C19H21N5/c1-2-13-8-10-15(11-9-13)17-12-16(14-6-4-3-5-7-14)21-19-22-18(20)23-24(17)19/h3-11,16-17H,2,12H2,1H3,(H3,20,21,22,23)/t16-,17-/m1/s1. The number of hydrogen-bond donors (Lipinski definition) is 2. The van der Waals surface area contributed by atoms with Crippen molar-refractivity contribution in [3.05, 3.63) is 71.3 Å². The fourth-order valence-electron chi connectivity index (χ4n) is 3.35. The van der Waals surface area contributed by atoms with E-state index in [1.54, 1.807) is 0 Å². The van der Waals surface area contributed by atoms with Crippen molar-refractivity contribution < 1.29 is 0 Å². The molecular weight excluding hydrogens is 298 g/mol. The van der Waals surface area contributed by atoms with E-state index in [0.717, 1.165) is 18.8 Å². The largest absolute Gasteiger partial charge is 0.366 e. The lowest BCUT2D eigenvalue weighted by atomic mass is 9.93. The Balaban J connectivity index is 1.73. The van der Waals surface area contributed by atoms with Gasteiger partial charge in [0.25, 0.3) is 0 Å². The van der Waals surface area contributed by atoms with Crippen LogP contribution in [0.15, 0.2) is 54.6 Å². The summed E-state index contributed by atoms with van der Waals surface area (Å²) in [6.45, 7) is 2.17. The van der Waals surface area contributed by atoms with Gasteiger partial charge in [-0.15, -0.1) is 5.10 Å². The second-order valence-electron chi connectivity index (χ2n) is 6.19. The average Bonchev–Trinajstić information content (AvgIpc) is 3.02. The van der Waals surface area contributed by atoms with E-state index in [-0.39, 0.29) is 12.1 Å². The first-order valence-corrected chi connectivity index (χ1v) is 8.37. The van der Waals surface area contributed by atoms with E-state index >= 15 is 0 Å². The topological polar surface area (TPSA) is 68.8 Å². The second-order valence-corrected chi connectivity index (χ2v) is 6.19. The summed E-state index contributed by atoms with van der Waals surface area (Å²) >= 11 is 0. The van der Waals surface area contributed by atoms with Gasteiger partial charge in [0.15, 0.2) is 0 Å². The summed E-state index contributed by atoms with van der Waals surface area (Å²) in [5.74, 6) is 1.04. The zero-order chi connectivity index (χ0) is 16.5. The molecule has 1 aromatic heterocycles. The minimum atomic E-state index is 0.127. The normalized spacial score (nSPS) is 19.5. The lowest BCUT2D eigenvalue weighted by Gasteiger charge is -2.31. The third-order valence-corrected chi connectivity index (χ3v) is 4.68. The molecule has 24 heavy (non-hydrogen) atoms. The van der Waals surface area contributed by atoms with E-state index < -0.39 is 0 Å². The highest BCUT2D eigenvalue weighted by atomic mass is 15.4. The molecule has 4 rings (SSSR count). The van der Waals surface area contributed by atoms with E-state index in [1.807, 2.05) is 10.7 Å². The number of nitrogens with two attached hydrogens (primary N) is 1. The van der Waals surface area contributed by atoms with E-state index in [1.165, 1.54) is 16.7 Å². The lowest BCUT2D eigenvalue weighted by Crippen LogP contribution is -2.28. The Morgan fingerprint density at radius 2 is 1.83 bits per heavy atom. The molecule has 3 N–H and O–H groups in total. The maximum Gasteiger partial charge on any atom is 0.241 e. The van der Waals surface area contributed by atoms with Crippen LogP contribution >= 0.6 is 0 Å². The molecule has 5 nitrogen and oxygen atoms in total. The van der Waals surface area contributed by atoms with Gasteiger partial charge in [0.2, 0.25) is 11.9 Å². The molecule has 122 valence electrons. The Kier molecular flexibility index (Phi) is 3.69. The molecule has 0 bridgehead atoms. The van der Waals surface area contributed by atoms with Crippen molar-refractivity contribution in [2.45, 2.75) is 31.8 Å². The van der Waals surface area contributed by atoms with E-state index in [9.17, 15) is 0 Å². The molecular formula is C19H21N5. The van der Waals surface area contributed by atoms with Crippen LogP contribution in [0.25, 0.3) is 0 Å². The Hall–Kier alpha value is -2.82. The highest BCUT2D eigenvalue weighted by Crippen LogP contribution is 2.37. The molecule has 0 saturated heterocycles. The number of anilines is 2. The minimum Gasteiger partial charge on any atom is -0.366 e. The van der Waals surface area contributed by atoms with Crippen LogP contribution in [0.5, 0.6) is 0 Å². The molecule has 0 amide bonds. The van der Waals surface area contributed by atoms with Crippen LogP contribution in [0, 0.1) is 0 Å². The van der Waals surface area contributed by atoms with Gasteiger partial charge in [0.1, 0.15) is 0 Å². The van der Waals surface area contributed by atoms with Gasteiger partial charge in [-0.3, -0.25) is 0 Å². The molecule has 2 atom stereocenters. The second kappa shape index (κ2) is 6.00. The zero-order valence-electron chi connectivity index (χ0n) is 13.7. The summed E-state index contributed by atoms with van der Waals surface area (Å²) < 4.78 is 1.91. The van der Waals surface area contributed by atoms with Gasteiger partial charge in [0, 0.05) is 0 Å². The zero-order valence-corrected chi connectivity index (χ0v) is 13.7. The maximum absolute atomic E-state index is 5.85. The molecule has 2 heterocycles. The van der Waals surface area contributed by atoms with Gasteiger partial charge in [0.05, 0.1) is 12.1 Å². The molecule has 0 fully saturated rings. The van der Waals surface area contributed by atoms with Gasteiger partial charge < -0.3 is 11.1 Å². The summed E-state index contributed by atoms with van der Waals surface area (Å²) in [5.41, 5.74) is 9.67. The number of nitrogens with zero attached hydrogens (tertiary/aromatic N) is 3. The average molecular weight is 319 g/mol. The summed E-state index contributed by atoms with van der Waals surface area (Å²) in [7, 11) is 0. The van der Waals surface area contributed by atoms with E-state index in [0.29, 0.717) is 5.95 Å². The van der Waals surface area contributed by atoms with Crippen molar-refractivity contribution in [1.29, 1.82) is 0 Å². The van der Waals surface area contributed by atoms with Crippen LogP contribution in [0.2, 0.25) is 0 Å². The quantitative estimate of drug-likeness (QED) is 0.774. The van der Waals surface area contributed by atoms with Gasteiger partial charge in [-0.05, 0) is 29.5 Å². The van der Waals surface area contributed by atoms with Crippen LogP contribution in [0.4, 0.5) is 11.9 Å². The van der Waals surface area contributed by atoms with Crippen LogP contribution < -0.4 is 11.1 Å². The maximum atomic E-state index is 5.85. The summed E-state index contributed by atoms with van der Waals surface area (Å²) in [6.07, 6.45) is 1.95. The molecule has 0 saturated carbocycles. The van der Waals surface area contributed by atoms with Crippen molar-refractivity contribution in [3.63, 3.8) is 0 Å². The number of rotatable bonds is 3. The predicted molar refractivity (Wildman–Crippen MR) is 95.8 cm³/mol. The lowest BCUT2D eigenvalue weighted by molar-refractivity contribution is 0.431. The number of nitrogen functional groups attached to an aromatic ring is 1. The molecule has 0 unspecified atom stereocenters. The first-order chi connectivity index (χ1) is 11.7. The number of fused-ring (bicyclic) bond motifs is 1. The Bertz CT molecular complexity index is 823. The smallest absolute Gasteiger partial charge is 0.241 e. The monoisotopic (exact) mass is 319 g/mol. The molecule has 3 aromatic rings. The first-order valence-electron chi connectivity index (χ1n) is 8.37. The van der Waals surface area contributed by atoms with Gasteiger partial charge in [-0.1, -0.05) is 61.5 Å². The Morgan fingerprint density at radius 1 is 1.08 bits per heavy atom. The van der Waals surface area contributed by atoms with E-state index in [4.69, 9.17) is 5.73 Å². The van der Waals surface area contributed by atoms with Gasteiger partial charge in [-0.25, -0.2) is 4.68 Å². The van der Waals surface area contributed by atoms with Crippen LogP contribution in [-0.4, -0.2) is 14.8 Å². The van der Waals surface area contributed by atoms with Crippen molar-refractivity contribution in [1.82, 2.24) is 14.8 Å². The van der Waals surface area contributed by atoms with Crippen LogP contribution in [0.3, 0.4) is 0 Å². The number of nitrogens with one attached hydrogen (secondary N) is 1. The number of aryl methyl sites for hydroxylation is 1. The highest BCUT2D eigenvalue weighted by molar-refractivity contribution is 5.41. The van der Waals surface area contributed by atoms with Crippen LogP contribution in [-0.2, 0) is 6.42 Å². The fraction of sp³-hybridized carbons (Fsp3) is 0.263. The van der Waals surface area contributed by atoms with E-state index in [2.05, 4.69) is 70.9 Å². The minimum absolute atomic E-state index is 0.127. The Labute approximate surface area is 141 Å². The summed E-state index contributed by atoms with van der Waals surface area (Å²) in [5, 5.41) is 7.87. The molecule has 0 radical (unpaired) electrons. The molecule has 0 aliphatic carbocycles. The Morgan fingerprint density at radius 3 is 2.54 bits per heavy atom. The van der Waals surface area contributed by atoms with Gasteiger partial charge >= 0.3 is 0 Å². The summed E-state index contributed by atoms with van der Waals surface area (Å²) in [4.78, 5) is 4.35. The molecule has 2 aromatic carbocycles. The third kappa shape index (κ3) is 2.62. The number of benzene rings is 2. The van der Waals surface area contributed by atoms with Crippen molar-refractivity contribution >= 4 is 11.9 Å². The first kappa shape index (κ1) is 14.8. The molecule has 5 heteroatoms. The van der Waals surface area contributed by atoms with Crippen molar-refractivity contribution in [2.75, 3.05) is 11.1 Å². The number of aromatic nitrogens is 3. The van der Waals surface area contributed by atoms with Crippen molar-refractivity contribution in [3.8, 4) is 0 Å². The summed E-state index contributed by atoms with van der Waals surface area (Å²) in [6, 6.07) is 19.5.